The highest BCUT2D eigenvalue weighted by atomic mass is 79.9. The molecule has 1 aliphatic rings. The molecule has 0 heterocycles. The smallest absolute Gasteiger partial charge is 0.127 e. The molecule has 1 aliphatic carbocycles. The fourth-order valence-corrected chi connectivity index (χ4v) is 3.96. The molecule has 0 radical (unpaired) electrons. The Morgan fingerprint density at radius 2 is 2.00 bits per heavy atom. The minimum Gasteiger partial charge on any atom is -0.317 e. The Balaban J connectivity index is 2.14. The predicted molar refractivity (Wildman–Crippen MR) is 90.9 cm³/mol. The predicted octanol–water partition coefficient (Wildman–Crippen LogP) is 5.18. The molecule has 2 rings (SSSR count). The van der Waals surface area contributed by atoms with Crippen molar-refractivity contribution in [1.29, 1.82) is 0 Å². The fourth-order valence-electron chi connectivity index (χ4n) is 3.63. The normalized spacial score (nSPS) is 26.9. The van der Waals surface area contributed by atoms with Gasteiger partial charge < -0.3 is 5.32 Å². The molecule has 0 saturated heterocycles. The van der Waals surface area contributed by atoms with Gasteiger partial charge in [0, 0.05) is 10.5 Å². The molecule has 0 aromatic heterocycles. The molecule has 1 saturated carbocycles. The van der Waals surface area contributed by atoms with E-state index < -0.39 is 0 Å². The van der Waals surface area contributed by atoms with E-state index in [0.717, 1.165) is 22.4 Å². The highest BCUT2D eigenvalue weighted by Gasteiger charge is 2.35. The van der Waals surface area contributed by atoms with Crippen molar-refractivity contribution < 1.29 is 4.39 Å². The Morgan fingerprint density at radius 1 is 1.29 bits per heavy atom. The summed E-state index contributed by atoms with van der Waals surface area (Å²) in [6.45, 7) is 6.98. The van der Waals surface area contributed by atoms with Crippen molar-refractivity contribution in [3.05, 3.63) is 34.1 Å². The first-order valence-corrected chi connectivity index (χ1v) is 8.71. The summed E-state index contributed by atoms with van der Waals surface area (Å²) in [6, 6.07) is 5.95. The van der Waals surface area contributed by atoms with Crippen molar-refractivity contribution in [3.8, 4) is 0 Å². The van der Waals surface area contributed by atoms with Gasteiger partial charge >= 0.3 is 0 Å². The van der Waals surface area contributed by atoms with Crippen molar-refractivity contribution in [2.45, 2.75) is 52.5 Å². The van der Waals surface area contributed by atoms with Crippen LogP contribution in [0.3, 0.4) is 0 Å². The lowest BCUT2D eigenvalue weighted by molar-refractivity contribution is 0.116. The van der Waals surface area contributed by atoms with Crippen LogP contribution in [0, 0.1) is 23.1 Å². The summed E-state index contributed by atoms with van der Waals surface area (Å²) in [5.41, 5.74) is 1.19. The molecule has 1 N–H and O–H groups in total. The summed E-state index contributed by atoms with van der Waals surface area (Å²) in [5.74, 6) is 1.16. The highest BCUT2D eigenvalue weighted by Crippen LogP contribution is 2.41. The van der Waals surface area contributed by atoms with E-state index in [1.807, 2.05) is 19.2 Å². The molecule has 1 fully saturated rings. The first-order chi connectivity index (χ1) is 9.81. The monoisotopic (exact) mass is 355 g/mol. The van der Waals surface area contributed by atoms with Gasteiger partial charge in [-0.15, -0.1) is 0 Å². The van der Waals surface area contributed by atoms with Gasteiger partial charge in [0.15, 0.2) is 0 Å². The third kappa shape index (κ3) is 4.29. The van der Waals surface area contributed by atoms with E-state index in [1.54, 1.807) is 6.07 Å². The number of rotatable bonds is 3. The molecule has 1 aromatic rings. The number of hydrogen-bond acceptors (Lipinski definition) is 1. The standard InChI is InChI=1S/C18H27BrFN/c1-18(2,3)14-6-8-17(21-4)13(10-14)9-12-5-7-15(19)11-16(12)20/h5,7,11,13-14,17,21H,6,8-10H2,1-4H3. The second kappa shape index (κ2) is 6.78. The van der Waals surface area contributed by atoms with E-state index in [2.05, 4.69) is 42.0 Å². The molecule has 0 spiro atoms. The second-order valence-electron chi connectivity index (χ2n) is 7.47. The van der Waals surface area contributed by atoms with E-state index in [-0.39, 0.29) is 5.82 Å². The minimum absolute atomic E-state index is 0.0860. The van der Waals surface area contributed by atoms with Crippen molar-refractivity contribution in [3.63, 3.8) is 0 Å². The maximum Gasteiger partial charge on any atom is 0.127 e. The second-order valence-corrected chi connectivity index (χ2v) is 8.39. The number of benzene rings is 1. The Kier molecular flexibility index (Phi) is 5.48. The van der Waals surface area contributed by atoms with Crippen LogP contribution in [-0.4, -0.2) is 13.1 Å². The van der Waals surface area contributed by atoms with Crippen molar-refractivity contribution >= 4 is 15.9 Å². The van der Waals surface area contributed by atoms with E-state index >= 15 is 0 Å². The molecule has 1 aromatic carbocycles. The Morgan fingerprint density at radius 3 is 2.57 bits per heavy atom. The first-order valence-electron chi connectivity index (χ1n) is 7.92. The van der Waals surface area contributed by atoms with Crippen LogP contribution < -0.4 is 5.32 Å². The maximum atomic E-state index is 14.1. The lowest BCUT2D eigenvalue weighted by atomic mass is 9.66. The highest BCUT2D eigenvalue weighted by molar-refractivity contribution is 9.10. The average molecular weight is 356 g/mol. The lowest BCUT2D eigenvalue weighted by Crippen LogP contribution is -2.42. The van der Waals surface area contributed by atoms with Gasteiger partial charge in [-0.1, -0.05) is 42.8 Å². The summed E-state index contributed by atoms with van der Waals surface area (Å²) in [4.78, 5) is 0. The molecular weight excluding hydrogens is 329 g/mol. The fraction of sp³-hybridized carbons (Fsp3) is 0.667. The van der Waals surface area contributed by atoms with Crippen LogP contribution in [-0.2, 0) is 6.42 Å². The van der Waals surface area contributed by atoms with Gasteiger partial charge in [0.2, 0.25) is 0 Å². The molecule has 0 aliphatic heterocycles. The van der Waals surface area contributed by atoms with Crippen LogP contribution in [0.4, 0.5) is 4.39 Å². The van der Waals surface area contributed by atoms with Gasteiger partial charge in [-0.05, 0) is 67.7 Å². The van der Waals surface area contributed by atoms with Gasteiger partial charge in [-0.2, -0.15) is 0 Å². The van der Waals surface area contributed by atoms with E-state index in [4.69, 9.17) is 0 Å². The quantitative estimate of drug-likeness (QED) is 0.787. The third-order valence-corrected chi connectivity index (χ3v) is 5.57. The van der Waals surface area contributed by atoms with E-state index in [1.165, 1.54) is 19.3 Å². The molecule has 118 valence electrons. The summed E-state index contributed by atoms with van der Waals surface area (Å²) in [6.07, 6.45) is 4.48. The molecule has 3 unspecified atom stereocenters. The summed E-state index contributed by atoms with van der Waals surface area (Å²) in [5, 5.41) is 3.45. The van der Waals surface area contributed by atoms with E-state index in [0.29, 0.717) is 17.4 Å². The van der Waals surface area contributed by atoms with E-state index in [9.17, 15) is 4.39 Å². The van der Waals surface area contributed by atoms with Crippen molar-refractivity contribution in [1.82, 2.24) is 5.32 Å². The average Bonchev–Trinajstić information content (AvgIpc) is 2.41. The zero-order valence-electron chi connectivity index (χ0n) is 13.5. The number of hydrogen-bond donors (Lipinski definition) is 1. The molecule has 1 nitrogen and oxygen atoms in total. The molecular formula is C18H27BrFN. The largest absolute Gasteiger partial charge is 0.317 e. The minimum atomic E-state index is -0.0860. The number of nitrogens with one attached hydrogen (secondary N) is 1. The molecule has 3 heteroatoms. The Hall–Kier alpha value is -0.410. The van der Waals surface area contributed by atoms with Crippen LogP contribution in [0.1, 0.15) is 45.6 Å². The van der Waals surface area contributed by atoms with Gasteiger partial charge in [0.25, 0.3) is 0 Å². The third-order valence-electron chi connectivity index (χ3n) is 5.08. The number of halogens is 2. The Bertz CT molecular complexity index is 481. The molecule has 21 heavy (non-hydrogen) atoms. The topological polar surface area (TPSA) is 12.0 Å². The Labute approximate surface area is 136 Å². The van der Waals surface area contributed by atoms with Crippen LogP contribution in [0.5, 0.6) is 0 Å². The SMILES string of the molecule is CNC1CCC(C(C)(C)C)CC1Cc1ccc(Br)cc1F. The van der Waals surface area contributed by atoms with Crippen LogP contribution in [0.15, 0.2) is 22.7 Å². The summed E-state index contributed by atoms with van der Waals surface area (Å²) < 4.78 is 14.9. The first kappa shape index (κ1) is 17.0. The van der Waals surface area contributed by atoms with Gasteiger partial charge in [-0.25, -0.2) is 4.39 Å². The zero-order valence-corrected chi connectivity index (χ0v) is 15.1. The molecule has 3 atom stereocenters. The lowest BCUT2D eigenvalue weighted by Gasteiger charge is -2.42. The van der Waals surface area contributed by atoms with Gasteiger partial charge in [-0.3, -0.25) is 0 Å². The molecule has 0 bridgehead atoms. The van der Waals surface area contributed by atoms with Crippen LogP contribution in [0.2, 0.25) is 0 Å². The summed E-state index contributed by atoms with van der Waals surface area (Å²) in [7, 11) is 2.03. The molecule has 0 amide bonds. The van der Waals surface area contributed by atoms with Crippen LogP contribution in [0.25, 0.3) is 0 Å². The maximum absolute atomic E-state index is 14.1. The van der Waals surface area contributed by atoms with Crippen molar-refractivity contribution in [2.24, 2.45) is 17.3 Å². The zero-order chi connectivity index (χ0) is 15.6. The van der Waals surface area contributed by atoms with Crippen LogP contribution >= 0.6 is 15.9 Å². The van der Waals surface area contributed by atoms with Gasteiger partial charge in [0.1, 0.15) is 5.82 Å². The van der Waals surface area contributed by atoms with Crippen molar-refractivity contribution in [2.75, 3.05) is 7.05 Å². The van der Waals surface area contributed by atoms with Gasteiger partial charge in [0.05, 0.1) is 0 Å². The summed E-state index contributed by atoms with van der Waals surface area (Å²) >= 11 is 3.33.